The van der Waals surface area contributed by atoms with Crippen LogP contribution in [-0.4, -0.2) is 49.0 Å². The molecular formula is C23H31N5O. The molecule has 1 aliphatic heterocycles. The van der Waals surface area contributed by atoms with Gasteiger partial charge in [-0.2, -0.15) is 0 Å². The van der Waals surface area contributed by atoms with Gasteiger partial charge < -0.3 is 20.4 Å². The van der Waals surface area contributed by atoms with Crippen LogP contribution in [0.4, 0.5) is 10.5 Å². The van der Waals surface area contributed by atoms with E-state index in [-0.39, 0.29) is 6.03 Å². The Labute approximate surface area is 173 Å². The van der Waals surface area contributed by atoms with Crippen LogP contribution in [0.1, 0.15) is 29.5 Å². The standard InChI is InChI=1S/C23H31N5O/c1-18-9-11-19(12-10-18)17-27(3)22(24-2)25-16-20-7-6-8-21(15-20)26-23(29)28-13-4-5-14-28/h6-12,15H,4-5,13-14,16-17H2,1-3H3,(H,24,25)(H,26,29). The number of aryl methyl sites for hydroxylation is 1. The second kappa shape index (κ2) is 9.96. The van der Waals surface area contributed by atoms with Gasteiger partial charge in [0.2, 0.25) is 0 Å². The SMILES string of the molecule is CN=C(NCc1cccc(NC(=O)N2CCCC2)c1)N(C)Cc1ccc(C)cc1. The van der Waals surface area contributed by atoms with Gasteiger partial charge in [0.1, 0.15) is 0 Å². The van der Waals surface area contributed by atoms with Gasteiger partial charge in [-0.25, -0.2) is 4.79 Å². The van der Waals surface area contributed by atoms with Gasteiger partial charge in [-0.1, -0.05) is 42.0 Å². The Morgan fingerprint density at radius 3 is 2.52 bits per heavy atom. The van der Waals surface area contributed by atoms with Crippen LogP contribution >= 0.6 is 0 Å². The molecule has 6 heteroatoms. The number of hydrogen-bond acceptors (Lipinski definition) is 2. The van der Waals surface area contributed by atoms with Crippen molar-refractivity contribution in [3.05, 3.63) is 65.2 Å². The van der Waals surface area contributed by atoms with Gasteiger partial charge in [0.15, 0.2) is 5.96 Å². The first-order valence-corrected chi connectivity index (χ1v) is 10.2. The predicted molar refractivity (Wildman–Crippen MR) is 119 cm³/mol. The largest absolute Gasteiger partial charge is 0.352 e. The molecule has 1 saturated heterocycles. The van der Waals surface area contributed by atoms with Crippen LogP contribution in [0.25, 0.3) is 0 Å². The van der Waals surface area contributed by atoms with Crippen LogP contribution < -0.4 is 10.6 Å². The summed E-state index contributed by atoms with van der Waals surface area (Å²) in [6.45, 7) is 5.20. The van der Waals surface area contributed by atoms with Gasteiger partial charge in [0, 0.05) is 46.0 Å². The van der Waals surface area contributed by atoms with Crippen molar-refractivity contribution >= 4 is 17.7 Å². The summed E-state index contributed by atoms with van der Waals surface area (Å²) in [4.78, 5) is 20.7. The summed E-state index contributed by atoms with van der Waals surface area (Å²) in [6, 6.07) is 16.5. The van der Waals surface area contributed by atoms with Gasteiger partial charge in [-0.3, -0.25) is 4.99 Å². The Kier molecular flexibility index (Phi) is 7.11. The highest BCUT2D eigenvalue weighted by molar-refractivity contribution is 5.89. The number of nitrogens with zero attached hydrogens (tertiary/aromatic N) is 3. The number of carbonyl (C=O) groups is 1. The van der Waals surface area contributed by atoms with Crippen molar-refractivity contribution in [2.45, 2.75) is 32.9 Å². The zero-order valence-electron chi connectivity index (χ0n) is 17.6. The molecule has 0 unspecified atom stereocenters. The topological polar surface area (TPSA) is 60.0 Å². The average molecular weight is 394 g/mol. The van der Waals surface area contributed by atoms with E-state index in [9.17, 15) is 4.79 Å². The number of hydrogen-bond donors (Lipinski definition) is 2. The maximum Gasteiger partial charge on any atom is 0.321 e. The number of rotatable bonds is 5. The number of urea groups is 1. The summed E-state index contributed by atoms with van der Waals surface area (Å²) in [6.07, 6.45) is 2.18. The highest BCUT2D eigenvalue weighted by Gasteiger charge is 2.17. The number of likely N-dealkylation sites (tertiary alicyclic amines) is 1. The van der Waals surface area contributed by atoms with Gasteiger partial charge in [0.25, 0.3) is 0 Å². The lowest BCUT2D eigenvalue weighted by molar-refractivity contribution is 0.222. The van der Waals surface area contributed by atoms with E-state index < -0.39 is 0 Å². The monoisotopic (exact) mass is 393 g/mol. The first-order valence-electron chi connectivity index (χ1n) is 10.2. The fraction of sp³-hybridized carbons (Fsp3) is 0.391. The minimum absolute atomic E-state index is 0.0127. The summed E-state index contributed by atoms with van der Waals surface area (Å²) in [5.41, 5.74) is 4.42. The van der Waals surface area contributed by atoms with Crippen LogP contribution in [0.3, 0.4) is 0 Å². The second-order valence-corrected chi connectivity index (χ2v) is 7.57. The van der Waals surface area contributed by atoms with E-state index in [1.807, 2.05) is 36.2 Å². The van der Waals surface area contributed by atoms with Crippen LogP contribution in [-0.2, 0) is 13.1 Å². The molecule has 2 amide bonds. The molecule has 0 saturated carbocycles. The van der Waals surface area contributed by atoms with Crippen molar-refractivity contribution in [2.75, 3.05) is 32.5 Å². The molecule has 6 nitrogen and oxygen atoms in total. The Balaban J connectivity index is 1.54. The molecule has 0 aliphatic carbocycles. The van der Waals surface area contributed by atoms with Crippen LogP contribution in [0.2, 0.25) is 0 Å². The van der Waals surface area contributed by atoms with E-state index in [0.717, 1.165) is 49.7 Å². The van der Waals surface area contributed by atoms with Gasteiger partial charge in [-0.05, 0) is 43.0 Å². The minimum Gasteiger partial charge on any atom is -0.352 e. The lowest BCUT2D eigenvalue weighted by Crippen LogP contribution is -2.38. The normalized spacial score (nSPS) is 14.0. The molecule has 0 atom stereocenters. The van der Waals surface area contributed by atoms with Gasteiger partial charge in [0.05, 0.1) is 0 Å². The Hall–Kier alpha value is -3.02. The molecule has 2 aromatic rings. The van der Waals surface area contributed by atoms with E-state index in [2.05, 4.69) is 51.7 Å². The molecule has 2 N–H and O–H groups in total. The quantitative estimate of drug-likeness (QED) is 0.600. The summed E-state index contributed by atoms with van der Waals surface area (Å²) in [7, 11) is 3.82. The molecule has 0 bridgehead atoms. The van der Waals surface area contributed by atoms with E-state index in [4.69, 9.17) is 0 Å². The number of aliphatic imine (C=N–C) groups is 1. The highest BCUT2D eigenvalue weighted by atomic mass is 16.2. The summed E-state index contributed by atoms with van der Waals surface area (Å²) < 4.78 is 0. The summed E-state index contributed by atoms with van der Waals surface area (Å²) >= 11 is 0. The molecule has 1 heterocycles. The van der Waals surface area contributed by atoms with Crippen molar-refractivity contribution in [3.63, 3.8) is 0 Å². The van der Waals surface area contributed by atoms with Crippen molar-refractivity contribution in [1.29, 1.82) is 0 Å². The molecule has 0 aromatic heterocycles. The molecule has 0 radical (unpaired) electrons. The zero-order valence-corrected chi connectivity index (χ0v) is 17.6. The van der Waals surface area contributed by atoms with Crippen LogP contribution in [0, 0.1) is 6.92 Å². The van der Waals surface area contributed by atoms with E-state index in [1.54, 1.807) is 7.05 Å². The molecule has 0 spiro atoms. The van der Waals surface area contributed by atoms with E-state index in [0.29, 0.717) is 6.54 Å². The van der Waals surface area contributed by atoms with E-state index in [1.165, 1.54) is 11.1 Å². The summed E-state index contributed by atoms with van der Waals surface area (Å²) in [5.74, 6) is 0.831. The Bertz CT molecular complexity index is 841. The molecule has 2 aromatic carbocycles. The van der Waals surface area contributed by atoms with Crippen LogP contribution in [0.5, 0.6) is 0 Å². The fourth-order valence-electron chi connectivity index (χ4n) is 3.49. The molecule has 154 valence electrons. The first-order chi connectivity index (χ1) is 14.0. The second-order valence-electron chi connectivity index (χ2n) is 7.57. The predicted octanol–water partition coefficient (Wildman–Crippen LogP) is 3.83. The van der Waals surface area contributed by atoms with Crippen molar-refractivity contribution in [2.24, 2.45) is 4.99 Å². The minimum atomic E-state index is -0.0127. The molecule has 3 rings (SSSR count). The van der Waals surface area contributed by atoms with Crippen molar-refractivity contribution in [1.82, 2.24) is 15.1 Å². The van der Waals surface area contributed by atoms with Gasteiger partial charge in [-0.15, -0.1) is 0 Å². The fourth-order valence-corrected chi connectivity index (χ4v) is 3.49. The lowest BCUT2D eigenvalue weighted by Gasteiger charge is -2.22. The third-order valence-electron chi connectivity index (χ3n) is 5.14. The zero-order chi connectivity index (χ0) is 20.6. The van der Waals surface area contributed by atoms with Crippen molar-refractivity contribution < 1.29 is 4.79 Å². The third kappa shape index (κ3) is 5.98. The van der Waals surface area contributed by atoms with Gasteiger partial charge >= 0.3 is 6.03 Å². The maximum absolute atomic E-state index is 12.3. The van der Waals surface area contributed by atoms with Crippen LogP contribution in [0.15, 0.2) is 53.5 Å². The Morgan fingerprint density at radius 2 is 1.83 bits per heavy atom. The number of nitrogens with one attached hydrogen (secondary N) is 2. The van der Waals surface area contributed by atoms with Crippen molar-refractivity contribution in [3.8, 4) is 0 Å². The molecular weight excluding hydrogens is 362 g/mol. The summed E-state index contributed by atoms with van der Waals surface area (Å²) in [5, 5.41) is 6.41. The molecule has 1 fully saturated rings. The number of carbonyl (C=O) groups excluding carboxylic acids is 1. The average Bonchev–Trinajstić information content (AvgIpc) is 3.26. The number of amides is 2. The number of benzene rings is 2. The third-order valence-corrected chi connectivity index (χ3v) is 5.14. The maximum atomic E-state index is 12.3. The smallest absolute Gasteiger partial charge is 0.321 e. The highest BCUT2D eigenvalue weighted by Crippen LogP contribution is 2.14. The Morgan fingerprint density at radius 1 is 1.10 bits per heavy atom. The lowest BCUT2D eigenvalue weighted by atomic mass is 10.1. The first kappa shape index (κ1) is 20.7. The molecule has 1 aliphatic rings. The molecule has 29 heavy (non-hydrogen) atoms. The number of guanidine groups is 1. The van der Waals surface area contributed by atoms with E-state index >= 15 is 0 Å². The number of anilines is 1.